The first-order chi connectivity index (χ1) is 11.1. The molecule has 0 aliphatic rings. The van der Waals surface area contributed by atoms with Crippen molar-refractivity contribution in [2.24, 2.45) is 0 Å². The van der Waals surface area contributed by atoms with Crippen LogP contribution >= 0.6 is 11.3 Å². The molecule has 3 aromatic rings. The lowest BCUT2D eigenvalue weighted by Gasteiger charge is -2.06. The number of halogens is 2. The highest BCUT2D eigenvalue weighted by molar-refractivity contribution is 7.17. The van der Waals surface area contributed by atoms with Crippen molar-refractivity contribution in [1.29, 1.82) is 0 Å². The number of benzene rings is 1. The number of aryl methyl sites for hydroxylation is 1. The van der Waals surface area contributed by atoms with E-state index in [1.807, 2.05) is 6.07 Å². The zero-order valence-electron chi connectivity index (χ0n) is 12.0. The van der Waals surface area contributed by atoms with Crippen LogP contribution in [0.1, 0.15) is 15.4 Å². The third-order valence-corrected chi connectivity index (χ3v) is 4.32. The molecule has 3 rings (SSSR count). The highest BCUT2D eigenvalue weighted by atomic mass is 32.1. The number of pyridine rings is 1. The van der Waals surface area contributed by atoms with Crippen molar-refractivity contribution in [3.05, 3.63) is 64.9 Å². The number of hydrogen-bond donors (Lipinski definition) is 1. The van der Waals surface area contributed by atoms with E-state index in [4.69, 9.17) is 0 Å². The van der Waals surface area contributed by atoms with E-state index < -0.39 is 23.2 Å². The Morgan fingerprint density at radius 2 is 1.91 bits per heavy atom. The van der Waals surface area contributed by atoms with E-state index >= 15 is 0 Å². The van der Waals surface area contributed by atoms with Crippen LogP contribution in [-0.2, 0) is 0 Å². The Balaban J connectivity index is 1.90. The van der Waals surface area contributed by atoms with Gasteiger partial charge >= 0.3 is 0 Å². The quantitative estimate of drug-likeness (QED) is 0.788. The maximum atomic E-state index is 13.6. The second-order valence-corrected chi connectivity index (χ2v) is 5.73. The summed E-state index contributed by atoms with van der Waals surface area (Å²) in [6.45, 7) is 1.67. The summed E-state index contributed by atoms with van der Waals surface area (Å²) in [5.41, 5.74) is 0.799. The lowest BCUT2D eigenvalue weighted by molar-refractivity contribution is 0.102. The van der Waals surface area contributed by atoms with E-state index in [-0.39, 0.29) is 0 Å². The Morgan fingerprint density at radius 3 is 2.57 bits per heavy atom. The fraction of sp³-hybridized carbons (Fsp3) is 0.0625. The first-order valence-corrected chi connectivity index (χ1v) is 7.51. The van der Waals surface area contributed by atoms with Crippen molar-refractivity contribution in [2.45, 2.75) is 6.92 Å². The summed E-state index contributed by atoms with van der Waals surface area (Å²) in [4.78, 5) is 20.9. The van der Waals surface area contributed by atoms with Crippen LogP contribution in [-0.4, -0.2) is 15.9 Å². The molecule has 0 aliphatic heterocycles. The van der Waals surface area contributed by atoms with Gasteiger partial charge in [-0.1, -0.05) is 6.07 Å². The van der Waals surface area contributed by atoms with Crippen molar-refractivity contribution in [3.8, 4) is 10.6 Å². The van der Waals surface area contributed by atoms with Gasteiger partial charge in [0.2, 0.25) is 0 Å². The van der Waals surface area contributed by atoms with Gasteiger partial charge in [0.25, 0.3) is 5.91 Å². The van der Waals surface area contributed by atoms with Crippen LogP contribution in [0.3, 0.4) is 0 Å². The summed E-state index contributed by atoms with van der Waals surface area (Å²) < 4.78 is 27.2. The third kappa shape index (κ3) is 3.09. The van der Waals surface area contributed by atoms with E-state index in [9.17, 15) is 13.6 Å². The normalized spacial score (nSPS) is 10.6. The number of rotatable bonds is 3. The van der Waals surface area contributed by atoms with Gasteiger partial charge in [0.1, 0.15) is 27.2 Å². The fourth-order valence-corrected chi connectivity index (χ4v) is 2.96. The molecule has 2 heterocycles. The molecule has 0 spiro atoms. The van der Waals surface area contributed by atoms with Crippen LogP contribution < -0.4 is 5.32 Å². The predicted molar refractivity (Wildman–Crippen MR) is 84.4 cm³/mol. The third-order valence-electron chi connectivity index (χ3n) is 3.11. The van der Waals surface area contributed by atoms with Crippen LogP contribution in [0, 0.1) is 18.6 Å². The molecule has 4 nitrogen and oxygen atoms in total. The minimum Gasteiger partial charge on any atom is -0.316 e. The van der Waals surface area contributed by atoms with Crippen LogP contribution in [0.2, 0.25) is 0 Å². The topological polar surface area (TPSA) is 54.9 Å². The number of para-hydroxylation sites is 1. The number of aromatic nitrogens is 2. The number of thiazole rings is 1. The number of amides is 1. The molecule has 116 valence electrons. The summed E-state index contributed by atoms with van der Waals surface area (Å²) in [6.07, 6.45) is 3.27. The number of nitrogens with zero attached hydrogens (tertiary/aromatic N) is 2. The minimum absolute atomic E-state index is 0.298. The number of carbonyl (C=O) groups excluding carboxylic acids is 1. The Kier molecular flexibility index (Phi) is 4.12. The Labute approximate surface area is 134 Å². The minimum atomic E-state index is -0.826. The molecule has 0 unspecified atom stereocenters. The zero-order valence-corrected chi connectivity index (χ0v) is 12.8. The molecular weight excluding hydrogens is 320 g/mol. The average molecular weight is 331 g/mol. The highest BCUT2D eigenvalue weighted by Crippen LogP contribution is 2.28. The molecule has 2 aromatic heterocycles. The molecule has 7 heteroatoms. The monoisotopic (exact) mass is 331 g/mol. The van der Waals surface area contributed by atoms with Crippen LogP contribution in [0.5, 0.6) is 0 Å². The smallest absolute Gasteiger partial charge is 0.267 e. The fourth-order valence-electron chi connectivity index (χ4n) is 2.01. The molecule has 0 fully saturated rings. The molecule has 0 bridgehead atoms. The molecule has 1 aromatic carbocycles. The molecular formula is C16H11F2N3OS. The van der Waals surface area contributed by atoms with E-state index in [1.165, 1.54) is 6.07 Å². The Hall–Kier alpha value is -2.67. The van der Waals surface area contributed by atoms with Crippen molar-refractivity contribution >= 4 is 22.9 Å². The largest absolute Gasteiger partial charge is 0.316 e. The van der Waals surface area contributed by atoms with Crippen molar-refractivity contribution in [2.75, 3.05) is 5.32 Å². The van der Waals surface area contributed by atoms with Gasteiger partial charge in [-0.15, -0.1) is 11.3 Å². The summed E-state index contributed by atoms with van der Waals surface area (Å²) in [6, 6.07) is 6.99. The maximum absolute atomic E-state index is 13.6. The number of anilines is 1. The summed E-state index contributed by atoms with van der Waals surface area (Å²) in [7, 11) is 0. The van der Waals surface area contributed by atoms with Gasteiger partial charge in [-0.05, 0) is 31.2 Å². The standard InChI is InChI=1S/C16H11F2N3OS/c1-9-14(23-16(20-9)10-4-3-7-19-8-10)15(22)21-13-11(17)5-2-6-12(13)18/h2-8H,1H3,(H,21,22). The van der Waals surface area contributed by atoms with Gasteiger partial charge in [0.05, 0.1) is 5.69 Å². The van der Waals surface area contributed by atoms with Crippen LogP contribution in [0.4, 0.5) is 14.5 Å². The second kappa shape index (κ2) is 6.21. The van der Waals surface area contributed by atoms with Crippen molar-refractivity contribution in [3.63, 3.8) is 0 Å². The first-order valence-electron chi connectivity index (χ1n) is 6.69. The lowest BCUT2D eigenvalue weighted by atomic mass is 10.2. The Bertz CT molecular complexity index is 845. The average Bonchev–Trinajstić information content (AvgIpc) is 2.94. The summed E-state index contributed by atoms with van der Waals surface area (Å²) in [5.74, 6) is -2.25. The van der Waals surface area contributed by atoms with Gasteiger partial charge in [-0.25, -0.2) is 13.8 Å². The van der Waals surface area contributed by atoms with Crippen LogP contribution in [0.15, 0.2) is 42.7 Å². The first kappa shape index (κ1) is 15.2. The molecule has 1 amide bonds. The van der Waals surface area contributed by atoms with Gasteiger partial charge in [0, 0.05) is 18.0 Å². The predicted octanol–water partition coefficient (Wildman–Crippen LogP) is 4.04. The number of nitrogens with one attached hydrogen (secondary N) is 1. The highest BCUT2D eigenvalue weighted by Gasteiger charge is 2.19. The van der Waals surface area contributed by atoms with Gasteiger partial charge in [-0.3, -0.25) is 9.78 Å². The van der Waals surface area contributed by atoms with E-state index in [2.05, 4.69) is 15.3 Å². The SMILES string of the molecule is Cc1nc(-c2cccnc2)sc1C(=O)Nc1c(F)cccc1F. The number of hydrogen-bond acceptors (Lipinski definition) is 4. The molecule has 23 heavy (non-hydrogen) atoms. The zero-order chi connectivity index (χ0) is 16.4. The van der Waals surface area contributed by atoms with Gasteiger partial charge in [-0.2, -0.15) is 0 Å². The summed E-state index contributed by atoms with van der Waals surface area (Å²) >= 11 is 1.14. The molecule has 0 radical (unpaired) electrons. The van der Waals surface area contributed by atoms with E-state index in [0.29, 0.717) is 15.6 Å². The summed E-state index contributed by atoms with van der Waals surface area (Å²) in [5, 5.41) is 2.89. The van der Waals surface area contributed by atoms with Crippen molar-refractivity contribution < 1.29 is 13.6 Å². The van der Waals surface area contributed by atoms with E-state index in [1.54, 1.807) is 25.4 Å². The van der Waals surface area contributed by atoms with Crippen LogP contribution in [0.25, 0.3) is 10.6 Å². The molecule has 0 aliphatic carbocycles. The molecule has 0 saturated carbocycles. The molecule has 0 atom stereocenters. The maximum Gasteiger partial charge on any atom is 0.267 e. The second-order valence-electron chi connectivity index (χ2n) is 4.73. The van der Waals surface area contributed by atoms with Gasteiger partial charge in [0.15, 0.2) is 0 Å². The lowest BCUT2D eigenvalue weighted by Crippen LogP contribution is -2.14. The van der Waals surface area contributed by atoms with Gasteiger partial charge < -0.3 is 5.32 Å². The molecule has 1 N–H and O–H groups in total. The van der Waals surface area contributed by atoms with E-state index in [0.717, 1.165) is 29.0 Å². The van der Waals surface area contributed by atoms with Crippen molar-refractivity contribution in [1.82, 2.24) is 9.97 Å². The molecule has 0 saturated heterocycles. The number of carbonyl (C=O) groups is 1. The Morgan fingerprint density at radius 1 is 1.17 bits per heavy atom.